The molecule has 0 radical (unpaired) electrons. The highest BCUT2D eigenvalue weighted by Crippen LogP contribution is 2.29. The van der Waals surface area contributed by atoms with Crippen LogP contribution in [0.1, 0.15) is 10.4 Å². The van der Waals surface area contributed by atoms with Crippen LogP contribution in [0.5, 0.6) is 5.75 Å². The minimum absolute atomic E-state index is 0.266. The zero-order chi connectivity index (χ0) is 16.2. The van der Waals surface area contributed by atoms with Gasteiger partial charge in [-0.1, -0.05) is 39.3 Å². The van der Waals surface area contributed by atoms with Crippen LogP contribution in [0.3, 0.4) is 0 Å². The molecule has 0 aliphatic heterocycles. The molecule has 0 aliphatic rings. The molecule has 0 saturated carbocycles. The van der Waals surface area contributed by atoms with Gasteiger partial charge in [0, 0.05) is 10.0 Å². The molecule has 1 heterocycles. The van der Waals surface area contributed by atoms with Gasteiger partial charge in [0.2, 0.25) is 5.88 Å². The van der Waals surface area contributed by atoms with Crippen molar-refractivity contribution in [3.8, 4) is 16.9 Å². The number of rotatable bonds is 4. The zero-order valence-corrected chi connectivity index (χ0v) is 13.8. The molecule has 0 saturated heterocycles. The molecule has 2 aromatic carbocycles. The summed E-state index contributed by atoms with van der Waals surface area (Å²) in [5.41, 5.74) is 2.10. The third kappa shape index (κ3) is 3.43. The molecule has 0 fully saturated rings. The first-order valence-corrected chi connectivity index (χ1v) is 7.62. The molecule has 1 aromatic heterocycles. The second-order valence-corrected chi connectivity index (χ2v) is 5.68. The van der Waals surface area contributed by atoms with Gasteiger partial charge in [-0.3, -0.25) is 10.1 Å². The Labute approximate surface area is 141 Å². The van der Waals surface area contributed by atoms with E-state index in [0.29, 0.717) is 17.0 Å². The van der Waals surface area contributed by atoms with E-state index in [1.807, 2.05) is 30.3 Å². The molecule has 0 spiro atoms. The summed E-state index contributed by atoms with van der Waals surface area (Å²) in [5, 5.41) is 6.52. The largest absolute Gasteiger partial charge is 0.497 e. The van der Waals surface area contributed by atoms with Gasteiger partial charge in [-0.05, 0) is 35.9 Å². The van der Waals surface area contributed by atoms with E-state index < -0.39 is 0 Å². The zero-order valence-electron chi connectivity index (χ0n) is 12.2. The lowest BCUT2D eigenvalue weighted by molar-refractivity contribution is 0.102. The van der Waals surface area contributed by atoms with Crippen LogP contribution in [0.4, 0.5) is 5.88 Å². The number of methoxy groups -OCH3 is 1. The van der Waals surface area contributed by atoms with E-state index in [1.165, 1.54) is 0 Å². The number of carbonyl (C=O) groups is 1. The van der Waals surface area contributed by atoms with Crippen LogP contribution in [0.25, 0.3) is 11.1 Å². The minimum Gasteiger partial charge on any atom is -0.497 e. The molecule has 0 aliphatic carbocycles. The van der Waals surface area contributed by atoms with Gasteiger partial charge < -0.3 is 9.26 Å². The van der Waals surface area contributed by atoms with Crippen molar-refractivity contribution in [3.63, 3.8) is 0 Å². The van der Waals surface area contributed by atoms with Gasteiger partial charge in [0.25, 0.3) is 5.91 Å². The van der Waals surface area contributed by atoms with Gasteiger partial charge in [-0.15, -0.1) is 0 Å². The highest BCUT2D eigenvalue weighted by Gasteiger charge is 2.15. The SMILES string of the molecule is COc1ccc(-c2cnoc2NC(=O)c2cccc(Br)c2)cc1. The van der Waals surface area contributed by atoms with Crippen molar-refractivity contribution < 1.29 is 14.1 Å². The second kappa shape index (κ2) is 6.66. The standard InChI is InChI=1S/C17H13BrN2O3/c1-22-14-7-5-11(6-8-14)15-10-19-23-17(15)20-16(21)12-3-2-4-13(18)9-12/h2-10H,1H3,(H,20,21). The van der Waals surface area contributed by atoms with Gasteiger partial charge in [-0.2, -0.15) is 0 Å². The van der Waals surface area contributed by atoms with E-state index >= 15 is 0 Å². The van der Waals surface area contributed by atoms with E-state index in [9.17, 15) is 4.79 Å². The fraction of sp³-hybridized carbons (Fsp3) is 0.0588. The molecule has 1 N–H and O–H groups in total. The lowest BCUT2D eigenvalue weighted by atomic mass is 10.1. The molecular formula is C17H13BrN2O3. The Kier molecular flexibility index (Phi) is 4.43. The van der Waals surface area contributed by atoms with E-state index in [4.69, 9.17) is 9.26 Å². The van der Waals surface area contributed by atoms with Crippen molar-refractivity contribution in [2.24, 2.45) is 0 Å². The number of nitrogens with zero attached hydrogens (tertiary/aromatic N) is 1. The first kappa shape index (κ1) is 15.3. The summed E-state index contributed by atoms with van der Waals surface area (Å²) in [7, 11) is 1.61. The number of nitrogens with one attached hydrogen (secondary N) is 1. The lowest BCUT2D eigenvalue weighted by Crippen LogP contribution is -2.11. The summed E-state index contributed by atoms with van der Waals surface area (Å²) < 4.78 is 11.1. The summed E-state index contributed by atoms with van der Waals surface area (Å²) in [6.07, 6.45) is 1.57. The number of hydrogen-bond acceptors (Lipinski definition) is 4. The van der Waals surface area contributed by atoms with Crippen LogP contribution in [0.2, 0.25) is 0 Å². The van der Waals surface area contributed by atoms with E-state index in [-0.39, 0.29) is 5.91 Å². The molecule has 0 atom stereocenters. The second-order valence-electron chi connectivity index (χ2n) is 4.76. The van der Waals surface area contributed by atoms with E-state index in [0.717, 1.165) is 15.8 Å². The van der Waals surface area contributed by atoms with Crippen molar-refractivity contribution >= 4 is 27.7 Å². The Hall–Kier alpha value is -2.60. The number of anilines is 1. The topological polar surface area (TPSA) is 64.4 Å². The van der Waals surface area contributed by atoms with Crippen molar-refractivity contribution in [3.05, 3.63) is 64.8 Å². The molecule has 6 heteroatoms. The minimum atomic E-state index is -0.266. The number of amides is 1. The summed E-state index contributed by atoms with van der Waals surface area (Å²) in [5.74, 6) is 0.794. The monoisotopic (exact) mass is 372 g/mol. The molecular weight excluding hydrogens is 360 g/mol. The van der Waals surface area contributed by atoms with E-state index in [1.54, 1.807) is 31.5 Å². The van der Waals surface area contributed by atoms with E-state index in [2.05, 4.69) is 26.4 Å². The lowest BCUT2D eigenvalue weighted by Gasteiger charge is -2.05. The van der Waals surface area contributed by atoms with Crippen molar-refractivity contribution in [1.29, 1.82) is 0 Å². The quantitative estimate of drug-likeness (QED) is 0.738. The van der Waals surface area contributed by atoms with Crippen LogP contribution < -0.4 is 10.1 Å². The van der Waals surface area contributed by atoms with Crippen LogP contribution in [0, 0.1) is 0 Å². The average Bonchev–Trinajstić information content (AvgIpc) is 3.03. The smallest absolute Gasteiger partial charge is 0.258 e. The Morgan fingerprint density at radius 2 is 2.00 bits per heavy atom. The summed E-state index contributed by atoms with van der Waals surface area (Å²) in [6.45, 7) is 0. The highest BCUT2D eigenvalue weighted by atomic mass is 79.9. The molecule has 1 amide bonds. The fourth-order valence-corrected chi connectivity index (χ4v) is 2.51. The number of hydrogen-bond donors (Lipinski definition) is 1. The number of halogens is 1. The van der Waals surface area contributed by atoms with Crippen LogP contribution in [-0.2, 0) is 0 Å². The van der Waals surface area contributed by atoms with Gasteiger partial charge >= 0.3 is 0 Å². The Morgan fingerprint density at radius 3 is 2.70 bits per heavy atom. The molecule has 3 rings (SSSR count). The molecule has 116 valence electrons. The summed E-state index contributed by atoms with van der Waals surface area (Å²) >= 11 is 3.35. The number of aromatic nitrogens is 1. The summed E-state index contributed by atoms with van der Waals surface area (Å²) in [6, 6.07) is 14.5. The highest BCUT2D eigenvalue weighted by molar-refractivity contribution is 9.10. The molecule has 5 nitrogen and oxygen atoms in total. The molecule has 23 heavy (non-hydrogen) atoms. The fourth-order valence-electron chi connectivity index (χ4n) is 2.11. The Morgan fingerprint density at radius 1 is 1.22 bits per heavy atom. The maximum Gasteiger partial charge on any atom is 0.258 e. The predicted octanol–water partition coefficient (Wildman–Crippen LogP) is 4.37. The van der Waals surface area contributed by atoms with Crippen molar-refractivity contribution in [2.75, 3.05) is 12.4 Å². The molecule has 0 bridgehead atoms. The van der Waals surface area contributed by atoms with Crippen LogP contribution >= 0.6 is 15.9 Å². The first-order valence-electron chi connectivity index (χ1n) is 6.83. The first-order chi connectivity index (χ1) is 11.2. The van der Waals surface area contributed by atoms with Crippen LogP contribution in [0.15, 0.2) is 63.7 Å². The maximum atomic E-state index is 12.3. The number of carbonyl (C=O) groups excluding carboxylic acids is 1. The molecule has 3 aromatic rings. The van der Waals surface area contributed by atoms with Crippen LogP contribution in [-0.4, -0.2) is 18.2 Å². The Bertz CT molecular complexity index is 828. The van der Waals surface area contributed by atoms with Crippen molar-refractivity contribution in [2.45, 2.75) is 0 Å². The average molecular weight is 373 g/mol. The molecule has 0 unspecified atom stereocenters. The van der Waals surface area contributed by atoms with Gasteiger partial charge in [0.1, 0.15) is 5.75 Å². The number of ether oxygens (including phenoxy) is 1. The predicted molar refractivity (Wildman–Crippen MR) is 90.6 cm³/mol. The summed E-state index contributed by atoms with van der Waals surface area (Å²) in [4.78, 5) is 12.3. The van der Waals surface area contributed by atoms with Gasteiger partial charge in [0.05, 0.1) is 18.9 Å². The third-order valence-electron chi connectivity index (χ3n) is 3.29. The normalized spacial score (nSPS) is 10.3. The maximum absolute atomic E-state index is 12.3. The Balaban J connectivity index is 1.84. The van der Waals surface area contributed by atoms with Gasteiger partial charge in [0.15, 0.2) is 0 Å². The number of benzene rings is 2. The van der Waals surface area contributed by atoms with Crippen molar-refractivity contribution in [1.82, 2.24) is 5.16 Å². The van der Waals surface area contributed by atoms with Gasteiger partial charge in [-0.25, -0.2) is 0 Å². The third-order valence-corrected chi connectivity index (χ3v) is 3.78.